The largest absolute Gasteiger partial charge is 0.493 e. The molecule has 30 heavy (non-hydrogen) atoms. The molecule has 0 saturated carbocycles. The average molecular weight is 395 g/mol. The maximum atomic E-state index is 5.60. The van der Waals surface area contributed by atoms with Crippen molar-refractivity contribution in [2.45, 2.75) is 6.92 Å². The number of aryl methyl sites for hydroxylation is 1. The van der Waals surface area contributed by atoms with Crippen LogP contribution in [0.4, 0.5) is 0 Å². The van der Waals surface area contributed by atoms with Gasteiger partial charge in [-0.25, -0.2) is 9.67 Å². The molecule has 0 saturated heterocycles. The van der Waals surface area contributed by atoms with Crippen LogP contribution in [0, 0.1) is 6.92 Å². The van der Waals surface area contributed by atoms with Crippen LogP contribution in [0.25, 0.3) is 38.8 Å². The second kappa shape index (κ2) is 7.19. The van der Waals surface area contributed by atoms with Gasteiger partial charge in [-0.15, -0.1) is 0 Å². The van der Waals surface area contributed by atoms with Gasteiger partial charge in [-0.3, -0.25) is 0 Å². The molecule has 5 nitrogen and oxygen atoms in total. The van der Waals surface area contributed by atoms with Crippen LogP contribution in [0.15, 0.2) is 72.8 Å². The van der Waals surface area contributed by atoms with Gasteiger partial charge in [-0.05, 0) is 31.2 Å². The van der Waals surface area contributed by atoms with E-state index >= 15 is 0 Å². The number of nitrogens with zero attached hydrogens (tertiary/aromatic N) is 3. The van der Waals surface area contributed by atoms with Gasteiger partial charge in [0.05, 0.1) is 36.7 Å². The summed E-state index contributed by atoms with van der Waals surface area (Å²) in [5, 5.41) is 7.87. The van der Waals surface area contributed by atoms with Crippen molar-refractivity contribution in [3.05, 3.63) is 78.5 Å². The number of para-hydroxylation sites is 1. The maximum absolute atomic E-state index is 5.60. The molecule has 5 aromatic rings. The minimum absolute atomic E-state index is 0.677. The second-order valence-electron chi connectivity index (χ2n) is 7.11. The molecule has 0 amide bonds. The van der Waals surface area contributed by atoms with Crippen molar-refractivity contribution in [2.75, 3.05) is 14.2 Å². The Bertz CT molecular complexity index is 1360. The highest BCUT2D eigenvalue weighted by atomic mass is 16.5. The van der Waals surface area contributed by atoms with Gasteiger partial charge in [0.1, 0.15) is 0 Å². The summed E-state index contributed by atoms with van der Waals surface area (Å²) in [4.78, 5) is 5.11. The molecule has 0 aliphatic rings. The van der Waals surface area contributed by atoms with E-state index in [4.69, 9.17) is 19.6 Å². The third kappa shape index (κ3) is 2.78. The Labute approximate surface area is 174 Å². The van der Waals surface area contributed by atoms with Crippen molar-refractivity contribution in [3.63, 3.8) is 0 Å². The van der Waals surface area contributed by atoms with E-state index in [-0.39, 0.29) is 0 Å². The lowest BCUT2D eigenvalue weighted by molar-refractivity contribution is 0.356. The van der Waals surface area contributed by atoms with Crippen LogP contribution >= 0.6 is 0 Å². The fourth-order valence-electron chi connectivity index (χ4n) is 3.95. The van der Waals surface area contributed by atoms with Gasteiger partial charge in [-0.1, -0.05) is 48.5 Å². The number of hydrogen-bond donors (Lipinski definition) is 0. The van der Waals surface area contributed by atoms with Crippen LogP contribution in [0.5, 0.6) is 11.5 Å². The standard InChI is InChI=1S/C25H21N3O2/c1-16-23-19-14-21(29-2)22(30-3)15-20(19)24(17-10-6-4-7-11-17)26-25(23)28(27-16)18-12-8-5-9-13-18/h4-15H,1-3H3. The van der Waals surface area contributed by atoms with E-state index in [1.54, 1.807) is 14.2 Å². The molecule has 2 heterocycles. The third-order valence-electron chi connectivity index (χ3n) is 5.35. The first-order valence-electron chi connectivity index (χ1n) is 9.77. The van der Waals surface area contributed by atoms with Gasteiger partial charge < -0.3 is 9.47 Å². The lowest BCUT2D eigenvalue weighted by Crippen LogP contribution is -1.99. The molecule has 0 atom stereocenters. The molecular formula is C25H21N3O2. The van der Waals surface area contributed by atoms with Gasteiger partial charge in [0, 0.05) is 16.3 Å². The summed E-state index contributed by atoms with van der Waals surface area (Å²) in [5.41, 5.74) is 4.63. The zero-order chi connectivity index (χ0) is 20.7. The molecule has 2 aromatic heterocycles. The minimum Gasteiger partial charge on any atom is -0.493 e. The summed E-state index contributed by atoms with van der Waals surface area (Å²) in [6.45, 7) is 2.02. The van der Waals surface area contributed by atoms with Gasteiger partial charge in [0.25, 0.3) is 0 Å². The molecule has 148 valence electrons. The first kappa shape index (κ1) is 18.2. The van der Waals surface area contributed by atoms with Crippen LogP contribution in [-0.4, -0.2) is 29.0 Å². The van der Waals surface area contributed by atoms with Crippen molar-refractivity contribution in [1.82, 2.24) is 14.8 Å². The Hall–Kier alpha value is -3.86. The minimum atomic E-state index is 0.677. The highest BCUT2D eigenvalue weighted by Crippen LogP contribution is 2.40. The van der Waals surface area contributed by atoms with E-state index in [9.17, 15) is 0 Å². The quantitative estimate of drug-likeness (QED) is 0.399. The molecule has 0 bridgehead atoms. The molecule has 0 fully saturated rings. The second-order valence-corrected chi connectivity index (χ2v) is 7.11. The number of benzene rings is 3. The molecule has 0 aliphatic carbocycles. The van der Waals surface area contributed by atoms with Gasteiger partial charge in [-0.2, -0.15) is 5.10 Å². The van der Waals surface area contributed by atoms with Crippen LogP contribution in [0.2, 0.25) is 0 Å². The summed E-state index contributed by atoms with van der Waals surface area (Å²) in [6.07, 6.45) is 0. The lowest BCUT2D eigenvalue weighted by Gasteiger charge is -2.13. The van der Waals surface area contributed by atoms with Crippen molar-refractivity contribution >= 4 is 21.8 Å². The highest BCUT2D eigenvalue weighted by Gasteiger charge is 2.20. The number of ether oxygens (including phenoxy) is 2. The summed E-state index contributed by atoms with van der Waals surface area (Å²) in [6, 6.07) is 24.3. The molecular weight excluding hydrogens is 374 g/mol. The Morgan fingerprint density at radius 2 is 1.37 bits per heavy atom. The van der Waals surface area contributed by atoms with Crippen LogP contribution in [-0.2, 0) is 0 Å². The molecule has 5 heteroatoms. The summed E-state index contributed by atoms with van der Waals surface area (Å²) in [7, 11) is 3.30. The molecule has 0 radical (unpaired) electrons. The highest BCUT2D eigenvalue weighted by molar-refractivity contribution is 6.12. The summed E-state index contributed by atoms with van der Waals surface area (Å²) < 4.78 is 13.1. The van der Waals surface area contributed by atoms with E-state index in [0.29, 0.717) is 11.5 Å². The maximum Gasteiger partial charge on any atom is 0.164 e. The van der Waals surface area contributed by atoms with Crippen molar-refractivity contribution < 1.29 is 9.47 Å². The van der Waals surface area contributed by atoms with Crippen LogP contribution < -0.4 is 9.47 Å². The van der Waals surface area contributed by atoms with Crippen molar-refractivity contribution in [2.24, 2.45) is 0 Å². The predicted molar refractivity (Wildman–Crippen MR) is 120 cm³/mol. The van der Waals surface area contributed by atoms with E-state index in [2.05, 4.69) is 12.1 Å². The van der Waals surface area contributed by atoms with Gasteiger partial charge in [0.15, 0.2) is 17.1 Å². The number of methoxy groups -OCH3 is 2. The summed E-state index contributed by atoms with van der Waals surface area (Å²) >= 11 is 0. The molecule has 0 unspecified atom stereocenters. The number of fused-ring (bicyclic) bond motifs is 3. The SMILES string of the molecule is COc1cc2c(-c3ccccc3)nc3c(c(C)nn3-c3ccccc3)c2cc1OC. The zero-order valence-electron chi connectivity index (χ0n) is 17.1. The van der Waals surface area contributed by atoms with E-state index < -0.39 is 0 Å². The van der Waals surface area contributed by atoms with E-state index in [0.717, 1.165) is 44.4 Å². The molecule has 3 aromatic carbocycles. The Morgan fingerprint density at radius 1 is 0.767 bits per heavy atom. The predicted octanol–water partition coefficient (Wildman–Crippen LogP) is 5.57. The summed E-state index contributed by atoms with van der Waals surface area (Å²) in [5.74, 6) is 1.36. The molecule has 0 aliphatic heterocycles. The van der Waals surface area contributed by atoms with Crippen molar-refractivity contribution in [1.29, 1.82) is 0 Å². The first-order chi connectivity index (χ1) is 14.7. The monoisotopic (exact) mass is 395 g/mol. The zero-order valence-corrected chi connectivity index (χ0v) is 17.1. The van der Waals surface area contributed by atoms with Gasteiger partial charge >= 0.3 is 0 Å². The molecule has 0 spiro atoms. The first-order valence-corrected chi connectivity index (χ1v) is 9.77. The van der Waals surface area contributed by atoms with E-state index in [1.165, 1.54) is 0 Å². The Balaban J connectivity index is 1.95. The molecule has 5 rings (SSSR count). The van der Waals surface area contributed by atoms with Crippen LogP contribution in [0.3, 0.4) is 0 Å². The topological polar surface area (TPSA) is 49.2 Å². The molecule has 0 N–H and O–H groups in total. The number of rotatable bonds is 4. The average Bonchev–Trinajstić information content (AvgIpc) is 3.15. The third-order valence-corrected chi connectivity index (χ3v) is 5.35. The normalized spacial score (nSPS) is 11.2. The number of pyridine rings is 1. The number of aromatic nitrogens is 3. The Morgan fingerprint density at radius 3 is 2.00 bits per heavy atom. The smallest absolute Gasteiger partial charge is 0.164 e. The fourth-order valence-corrected chi connectivity index (χ4v) is 3.95. The van der Waals surface area contributed by atoms with Crippen molar-refractivity contribution in [3.8, 4) is 28.4 Å². The van der Waals surface area contributed by atoms with Crippen LogP contribution in [0.1, 0.15) is 5.69 Å². The van der Waals surface area contributed by atoms with E-state index in [1.807, 2.05) is 72.3 Å². The lowest BCUT2D eigenvalue weighted by atomic mass is 10.0. The number of hydrogen-bond acceptors (Lipinski definition) is 4. The fraction of sp³-hybridized carbons (Fsp3) is 0.120. The Kier molecular flexibility index (Phi) is 4.36. The van der Waals surface area contributed by atoms with Gasteiger partial charge in [0.2, 0.25) is 0 Å².